The summed E-state index contributed by atoms with van der Waals surface area (Å²) in [7, 11) is 0. The summed E-state index contributed by atoms with van der Waals surface area (Å²) in [4.78, 5) is 26.3. The lowest BCUT2D eigenvalue weighted by Crippen LogP contribution is -2.21. The van der Waals surface area contributed by atoms with Crippen LogP contribution >= 0.6 is 11.8 Å². The van der Waals surface area contributed by atoms with Gasteiger partial charge in [0.15, 0.2) is 5.78 Å². The third-order valence-electron chi connectivity index (χ3n) is 4.81. The Kier molecular flexibility index (Phi) is 6.33. The van der Waals surface area contributed by atoms with Crippen molar-refractivity contribution in [3.63, 3.8) is 0 Å². The molecule has 142 valence electrons. The van der Waals surface area contributed by atoms with Crippen molar-refractivity contribution in [2.45, 2.75) is 37.5 Å². The first-order chi connectivity index (χ1) is 13.6. The number of hydrogen-bond donors (Lipinski definition) is 0. The first kappa shape index (κ1) is 19.9. The van der Waals surface area contributed by atoms with E-state index in [1.165, 1.54) is 21.7 Å². The van der Waals surface area contributed by atoms with Crippen LogP contribution < -0.4 is 5.56 Å². The maximum absolute atomic E-state index is 13.1. The topological polar surface area (TPSA) is 62.3 Å². The minimum absolute atomic E-state index is 0.0167. The number of aryl methyl sites for hydroxylation is 2. The summed E-state index contributed by atoms with van der Waals surface area (Å²) >= 11 is 1.29. The number of aromatic nitrogens is 1. The molecule has 4 nitrogen and oxygen atoms in total. The smallest absolute Gasteiger partial charge is 0.274 e. The molecule has 0 unspecified atom stereocenters. The number of carbonyl (C=O) groups is 1. The molecule has 0 bridgehead atoms. The number of unbranched alkanes of at least 4 members (excludes halogenated alkanes) is 1. The van der Waals surface area contributed by atoms with Gasteiger partial charge in [-0.15, -0.1) is 11.8 Å². The maximum Gasteiger partial charge on any atom is 0.274 e. The molecule has 0 atom stereocenters. The number of benzene rings is 1. The Morgan fingerprint density at radius 1 is 1.18 bits per heavy atom. The zero-order chi connectivity index (χ0) is 20.1. The van der Waals surface area contributed by atoms with E-state index >= 15 is 0 Å². The van der Waals surface area contributed by atoms with Gasteiger partial charge < -0.3 is 0 Å². The zero-order valence-electron chi connectivity index (χ0n) is 16.1. The number of Topliss-reactive ketones (excluding diaryl/α,β-unsaturated/α-hetero) is 1. The van der Waals surface area contributed by atoms with Crippen LogP contribution in [0.5, 0.6) is 0 Å². The van der Waals surface area contributed by atoms with Crippen LogP contribution in [0, 0.1) is 18.3 Å². The molecule has 0 N–H and O–H groups in total. The molecule has 0 radical (unpaired) electrons. The van der Waals surface area contributed by atoms with Crippen molar-refractivity contribution in [3.8, 4) is 6.07 Å². The molecule has 0 aliphatic rings. The number of rotatable bonds is 7. The van der Waals surface area contributed by atoms with Gasteiger partial charge in [0.05, 0.1) is 11.1 Å². The van der Waals surface area contributed by atoms with Crippen molar-refractivity contribution >= 4 is 23.1 Å². The van der Waals surface area contributed by atoms with Gasteiger partial charge in [-0.1, -0.05) is 30.3 Å². The first-order valence-electron chi connectivity index (χ1n) is 9.27. The molecule has 0 saturated heterocycles. The van der Waals surface area contributed by atoms with Crippen LogP contribution in [0.2, 0.25) is 0 Å². The zero-order valence-corrected chi connectivity index (χ0v) is 16.9. The second-order valence-electron chi connectivity index (χ2n) is 6.78. The number of fused-ring (bicyclic) bond motifs is 1. The van der Waals surface area contributed by atoms with Gasteiger partial charge in [0.25, 0.3) is 5.56 Å². The molecule has 0 saturated carbocycles. The van der Waals surface area contributed by atoms with E-state index in [9.17, 15) is 14.9 Å². The summed E-state index contributed by atoms with van der Waals surface area (Å²) in [5.74, 6) is -0.0167. The quantitative estimate of drug-likeness (QED) is 0.330. The summed E-state index contributed by atoms with van der Waals surface area (Å²) in [5.41, 5.74) is 2.98. The van der Waals surface area contributed by atoms with Crippen LogP contribution in [0.4, 0.5) is 0 Å². The van der Waals surface area contributed by atoms with Crippen LogP contribution in [0.15, 0.2) is 58.4 Å². The molecule has 5 heteroatoms. The molecule has 0 aliphatic carbocycles. The van der Waals surface area contributed by atoms with Crippen molar-refractivity contribution in [2.24, 2.45) is 0 Å². The predicted octanol–water partition coefficient (Wildman–Crippen LogP) is 4.80. The lowest BCUT2D eigenvalue weighted by atomic mass is 10.00. The Hall–Kier alpha value is -2.84. The fourth-order valence-corrected chi connectivity index (χ4v) is 4.15. The second-order valence-corrected chi connectivity index (χ2v) is 7.59. The van der Waals surface area contributed by atoms with Gasteiger partial charge in [-0.05, 0) is 55.7 Å². The van der Waals surface area contributed by atoms with Gasteiger partial charge in [-0.2, -0.15) is 5.26 Å². The number of nitriles is 1. The Morgan fingerprint density at radius 2 is 1.93 bits per heavy atom. The Balaban J connectivity index is 1.91. The summed E-state index contributed by atoms with van der Waals surface area (Å²) in [6, 6.07) is 15.9. The lowest BCUT2D eigenvalue weighted by molar-refractivity contribution is 0.0977. The average molecular weight is 391 g/mol. The number of nitrogens with zero attached hydrogens (tertiary/aromatic N) is 2. The molecule has 0 aliphatic heterocycles. The summed E-state index contributed by atoms with van der Waals surface area (Å²) in [5, 5.41) is 9.50. The number of carbonyl (C=O) groups excluding carboxylic acids is 1. The minimum Gasteiger partial charge on any atom is -0.294 e. The fraction of sp³-hybridized carbons (Fsp3) is 0.261. The molecule has 2 aromatic heterocycles. The van der Waals surface area contributed by atoms with Crippen molar-refractivity contribution < 1.29 is 4.79 Å². The van der Waals surface area contributed by atoms with E-state index in [0.29, 0.717) is 22.4 Å². The number of ketones is 1. The first-order valence-corrected chi connectivity index (χ1v) is 10.5. The highest BCUT2D eigenvalue weighted by molar-refractivity contribution is 7.98. The van der Waals surface area contributed by atoms with E-state index in [1.807, 2.05) is 43.3 Å². The highest BCUT2D eigenvalue weighted by Crippen LogP contribution is 2.28. The molecule has 0 amide bonds. The SMILES string of the molecule is CSc1c(C#N)c(=O)n2ccc(C)cc2c1C(=O)CCCCc1ccccc1. The fourth-order valence-electron chi connectivity index (χ4n) is 3.39. The summed E-state index contributed by atoms with van der Waals surface area (Å²) < 4.78 is 1.42. The Bertz CT molecular complexity index is 1110. The molecule has 0 spiro atoms. The summed E-state index contributed by atoms with van der Waals surface area (Å²) in [6.07, 6.45) is 6.45. The molecule has 0 fully saturated rings. The van der Waals surface area contributed by atoms with Crippen molar-refractivity contribution in [2.75, 3.05) is 6.26 Å². The van der Waals surface area contributed by atoms with Gasteiger partial charge in [-0.3, -0.25) is 14.0 Å². The monoisotopic (exact) mass is 390 g/mol. The van der Waals surface area contributed by atoms with Gasteiger partial charge in [0, 0.05) is 17.5 Å². The molecule has 3 aromatic rings. The number of hydrogen-bond acceptors (Lipinski definition) is 4. The standard InChI is InChI=1S/C23H22N2O2S/c1-16-12-13-25-19(14-16)21(22(28-2)18(15-24)23(25)27)20(26)11-7-6-10-17-8-4-3-5-9-17/h3-5,8-9,12-14H,6-7,10-11H2,1-2H3. The van der Waals surface area contributed by atoms with E-state index in [1.54, 1.807) is 12.5 Å². The molecular weight excluding hydrogens is 368 g/mol. The van der Waals surface area contributed by atoms with Crippen LogP contribution in [-0.4, -0.2) is 16.4 Å². The van der Waals surface area contributed by atoms with E-state index in [0.717, 1.165) is 24.8 Å². The largest absolute Gasteiger partial charge is 0.294 e. The van der Waals surface area contributed by atoms with E-state index in [-0.39, 0.29) is 16.9 Å². The third kappa shape index (κ3) is 4.02. The van der Waals surface area contributed by atoms with Crippen molar-refractivity contribution in [3.05, 3.63) is 81.3 Å². The normalized spacial score (nSPS) is 10.8. The number of pyridine rings is 2. The lowest BCUT2D eigenvalue weighted by Gasteiger charge is -2.13. The van der Waals surface area contributed by atoms with E-state index in [2.05, 4.69) is 12.1 Å². The third-order valence-corrected chi connectivity index (χ3v) is 5.63. The molecule has 1 aromatic carbocycles. The molecular formula is C23H22N2O2S. The van der Waals surface area contributed by atoms with Gasteiger partial charge >= 0.3 is 0 Å². The van der Waals surface area contributed by atoms with Gasteiger partial charge in [0.2, 0.25) is 0 Å². The van der Waals surface area contributed by atoms with Crippen LogP contribution in [0.1, 0.15) is 46.3 Å². The van der Waals surface area contributed by atoms with E-state index in [4.69, 9.17) is 0 Å². The van der Waals surface area contributed by atoms with Gasteiger partial charge in [0.1, 0.15) is 11.6 Å². The van der Waals surface area contributed by atoms with Crippen LogP contribution in [0.25, 0.3) is 5.52 Å². The Labute approximate surface area is 168 Å². The van der Waals surface area contributed by atoms with Crippen LogP contribution in [0.3, 0.4) is 0 Å². The highest BCUT2D eigenvalue weighted by atomic mass is 32.2. The highest BCUT2D eigenvalue weighted by Gasteiger charge is 2.22. The van der Waals surface area contributed by atoms with E-state index < -0.39 is 0 Å². The molecule has 2 heterocycles. The predicted molar refractivity (Wildman–Crippen MR) is 113 cm³/mol. The van der Waals surface area contributed by atoms with Gasteiger partial charge in [-0.25, -0.2) is 0 Å². The Morgan fingerprint density at radius 3 is 2.61 bits per heavy atom. The average Bonchev–Trinajstić information content (AvgIpc) is 2.71. The molecule has 3 rings (SSSR count). The minimum atomic E-state index is -0.373. The van der Waals surface area contributed by atoms with Crippen LogP contribution in [-0.2, 0) is 6.42 Å². The van der Waals surface area contributed by atoms with Crippen molar-refractivity contribution in [1.82, 2.24) is 4.40 Å². The number of thioether (sulfide) groups is 1. The maximum atomic E-state index is 13.1. The second kappa shape index (κ2) is 8.90. The molecule has 28 heavy (non-hydrogen) atoms. The van der Waals surface area contributed by atoms with Crippen molar-refractivity contribution in [1.29, 1.82) is 5.26 Å². The summed E-state index contributed by atoms with van der Waals surface area (Å²) in [6.45, 7) is 1.93.